The molecule has 2 amide bonds. The van der Waals surface area contributed by atoms with Crippen LogP contribution in [0.15, 0.2) is 90.0 Å². The molecule has 3 N–H and O–H groups in total. The van der Waals surface area contributed by atoms with E-state index >= 15 is 0 Å². The lowest BCUT2D eigenvalue weighted by Gasteiger charge is -2.39. The molecule has 22 heteroatoms. The van der Waals surface area contributed by atoms with Gasteiger partial charge < -0.3 is 38.0 Å². The minimum atomic E-state index is -5.16. The highest BCUT2D eigenvalue weighted by molar-refractivity contribution is 7.44. The summed E-state index contributed by atoms with van der Waals surface area (Å²) >= 11 is 0. The van der Waals surface area contributed by atoms with Gasteiger partial charge in [-0.05, 0) is 68.7 Å². The molecular formula is C48H58F3N8O10P. The van der Waals surface area contributed by atoms with Crippen molar-refractivity contribution in [1.29, 1.82) is 5.26 Å². The van der Waals surface area contributed by atoms with E-state index in [2.05, 4.69) is 26.3 Å². The van der Waals surface area contributed by atoms with Gasteiger partial charge in [0.05, 0.1) is 52.9 Å². The van der Waals surface area contributed by atoms with E-state index < -0.39 is 81.3 Å². The van der Waals surface area contributed by atoms with Crippen molar-refractivity contribution in [2.24, 2.45) is 5.92 Å². The molecule has 0 aliphatic carbocycles. The SMILES string of the molecule is COc1ccc(C(OC[C@H]2O[C@@H](n3cnc4c(=O)[nH]c(NC(=O)C(C)C)nc43)[C@H](OCCNC(=O)C(F)(F)F)[C@@H]2OP(OCCC#N)N(C(C)C)C(C)C)(c2ccccc2)c2ccc(OC)cc2)cc1. The second-order valence-electron chi connectivity index (χ2n) is 17.0. The Hall–Kier alpha value is -5.98. The Morgan fingerprint density at radius 3 is 2.04 bits per heavy atom. The van der Waals surface area contributed by atoms with Crippen LogP contribution < -0.4 is 25.7 Å². The van der Waals surface area contributed by atoms with E-state index in [1.165, 1.54) is 10.9 Å². The smallest absolute Gasteiger partial charge is 0.471 e. The number of rotatable bonds is 23. The van der Waals surface area contributed by atoms with Gasteiger partial charge in [0.2, 0.25) is 11.9 Å². The zero-order chi connectivity index (χ0) is 50.8. The van der Waals surface area contributed by atoms with Crippen LogP contribution in [0.3, 0.4) is 0 Å². The van der Waals surface area contributed by atoms with E-state index in [1.807, 2.05) is 117 Å². The maximum atomic E-state index is 13.5. The van der Waals surface area contributed by atoms with Crippen LogP contribution in [0.5, 0.6) is 11.5 Å². The number of hydrogen-bond donors (Lipinski definition) is 3. The summed E-state index contributed by atoms with van der Waals surface area (Å²) in [6.07, 6.45) is -8.74. The van der Waals surface area contributed by atoms with E-state index in [0.717, 1.165) is 5.56 Å². The van der Waals surface area contributed by atoms with E-state index in [-0.39, 0.29) is 48.8 Å². The van der Waals surface area contributed by atoms with Crippen molar-refractivity contribution in [3.8, 4) is 17.6 Å². The van der Waals surface area contributed by atoms with Gasteiger partial charge in [0.15, 0.2) is 17.4 Å². The number of methoxy groups -OCH3 is 2. The van der Waals surface area contributed by atoms with Crippen LogP contribution in [-0.4, -0.2) is 113 Å². The number of imidazole rings is 1. The number of aromatic nitrogens is 4. The summed E-state index contributed by atoms with van der Waals surface area (Å²) in [6.45, 7) is 9.80. The Kier molecular flexibility index (Phi) is 18.1. The van der Waals surface area contributed by atoms with Crippen molar-refractivity contribution in [2.45, 2.75) is 96.4 Å². The molecule has 5 aromatic rings. The van der Waals surface area contributed by atoms with E-state index in [4.69, 9.17) is 32.7 Å². The van der Waals surface area contributed by atoms with Crippen LogP contribution in [0.25, 0.3) is 11.2 Å². The summed E-state index contributed by atoms with van der Waals surface area (Å²) in [5.41, 5.74) is -0.129. The average molecular weight is 995 g/mol. The number of carbonyl (C=O) groups excluding carboxylic acids is 2. The Bertz CT molecular complexity index is 2550. The molecule has 1 aliphatic rings. The lowest BCUT2D eigenvalue weighted by molar-refractivity contribution is -0.174. The number of amides is 2. The molecule has 1 saturated heterocycles. The molecule has 1 unspecified atom stereocenters. The lowest BCUT2D eigenvalue weighted by Crippen LogP contribution is -2.44. The number of aromatic amines is 1. The van der Waals surface area contributed by atoms with Crippen LogP contribution in [0.1, 0.15) is 70.9 Å². The van der Waals surface area contributed by atoms with Gasteiger partial charge in [-0.2, -0.15) is 23.4 Å². The molecule has 0 radical (unpaired) electrons. The molecule has 18 nitrogen and oxygen atoms in total. The summed E-state index contributed by atoms with van der Waals surface area (Å²) in [5.74, 6) is -2.06. The molecule has 5 atom stereocenters. The number of nitriles is 1. The Labute approximate surface area is 404 Å². The lowest BCUT2D eigenvalue weighted by atomic mass is 9.80. The van der Waals surface area contributed by atoms with Gasteiger partial charge in [-0.1, -0.05) is 68.4 Å². The first kappa shape index (κ1) is 53.4. The number of hydrogen-bond acceptors (Lipinski definition) is 14. The minimum Gasteiger partial charge on any atom is -0.497 e. The predicted molar refractivity (Wildman–Crippen MR) is 253 cm³/mol. The standard InChI is InChI=1S/C48H58F3N8O10P/c1-29(2)42(60)56-46-55-41-38(43(61)57-46)54-28-58(41)44-40(65-26-24-53-45(62)48(49,50)51)39(69-70(67-25-12-23-52)59(30(3)4)31(5)6)37(68-44)27-66-47(32-13-10-9-11-14-32,33-15-19-35(63-7)20-16-33)34-17-21-36(64-8)22-18-34/h9-11,13-22,28-31,37,39-40,44H,12,24-27H2,1-8H3,(H,53,62)(H2,55,56,57,60,61)/t37-,39-,40-,44-,70?/m1/s1. The predicted octanol–water partition coefficient (Wildman–Crippen LogP) is 7.36. The number of ether oxygens (including phenoxy) is 5. The van der Waals surface area contributed by atoms with Gasteiger partial charge in [-0.15, -0.1) is 0 Å². The maximum Gasteiger partial charge on any atom is 0.471 e. The van der Waals surface area contributed by atoms with Crippen molar-refractivity contribution in [3.05, 3.63) is 112 Å². The summed E-state index contributed by atoms with van der Waals surface area (Å²) in [5, 5.41) is 14.0. The third-order valence-electron chi connectivity index (χ3n) is 11.2. The minimum absolute atomic E-state index is 0.0128. The maximum absolute atomic E-state index is 13.5. The van der Waals surface area contributed by atoms with E-state index in [0.29, 0.717) is 22.6 Å². The van der Waals surface area contributed by atoms with Crippen molar-refractivity contribution < 1.29 is 55.5 Å². The normalized spacial score (nSPS) is 17.9. The van der Waals surface area contributed by atoms with Crippen molar-refractivity contribution in [3.63, 3.8) is 0 Å². The molecular weight excluding hydrogens is 937 g/mol. The van der Waals surface area contributed by atoms with Gasteiger partial charge >= 0.3 is 12.1 Å². The number of alkyl halides is 3. The quantitative estimate of drug-likeness (QED) is 0.0332. The second kappa shape index (κ2) is 23.8. The molecule has 0 bridgehead atoms. The Balaban J connectivity index is 1.54. The molecule has 1 fully saturated rings. The van der Waals surface area contributed by atoms with Crippen molar-refractivity contribution in [2.75, 3.05) is 45.9 Å². The first-order chi connectivity index (χ1) is 33.4. The van der Waals surface area contributed by atoms with Crippen LogP contribution in [0.4, 0.5) is 19.1 Å². The Morgan fingerprint density at radius 2 is 1.50 bits per heavy atom. The number of nitrogens with zero attached hydrogens (tertiary/aromatic N) is 5. The number of carbonyl (C=O) groups is 2. The van der Waals surface area contributed by atoms with Gasteiger partial charge in [0.25, 0.3) is 14.1 Å². The summed E-state index contributed by atoms with van der Waals surface area (Å²) in [7, 11) is 1.06. The second-order valence-corrected chi connectivity index (χ2v) is 18.4. The fraction of sp³-hybridized carbons (Fsp3) is 0.458. The van der Waals surface area contributed by atoms with Crippen LogP contribution >= 0.6 is 8.53 Å². The highest BCUT2D eigenvalue weighted by atomic mass is 31.2. The summed E-state index contributed by atoms with van der Waals surface area (Å²) in [4.78, 5) is 49.6. The highest BCUT2D eigenvalue weighted by Crippen LogP contribution is 2.51. The number of H-pyrrole nitrogens is 1. The molecule has 0 spiro atoms. The van der Waals surface area contributed by atoms with Gasteiger partial charge in [-0.3, -0.25) is 29.3 Å². The number of halogens is 3. The monoisotopic (exact) mass is 994 g/mol. The zero-order valence-electron chi connectivity index (χ0n) is 40.1. The van der Waals surface area contributed by atoms with Gasteiger partial charge in [0.1, 0.15) is 35.4 Å². The fourth-order valence-electron chi connectivity index (χ4n) is 7.94. The first-order valence-electron chi connectivity index (χ1n) is 22.6. The molecule has 3 heterocycles. The third kappa shape index (κ3) is 12.3. The van der Waals surface area contributed by atoms with Gasteiger partial charge in [0, 0.05) is 24.5 Å². The largest absolute Gasteiger partial charge is 0.497 e. The van der Waals surface area contributed by atoms with E-state index in [9.17, 15) is 32.8 Å². The summed E-state index contributed by atoms with van der Waals surface area (Å²) < 4.78 is 88.7. The van der Waals surface area contributed by atoms with Crippen LogP contribution in [0.2, 0.25) is 0 Å². The fourth-order valence-corrected chi connectivity index (χ4v) is 9.71. The topological polar surface area (TPSA) is 213 Å². The van der Waals surface area contributed by atoms with Crippen LogP contribution in [-0.2, 0) is 38.4 Å². The molecule has 70 heavy (non-hydrogen) atoms. The summed E-state index contributed by atoms with van der Waals surface area (Å²) in [6, 6.07) is 26.0. The van der Waals surface area contributed by atoms with E-state index in [1.54, 1.807) is 28.1 Å². The highest BCUT2D eigenvalue weighted by Gasteiger charge is 2.52. The third-order valence-corrected chi connectivity index (χ3v) is 13.4. The van der Waals surface area contributed by atoms with Crippen molar-refractivity contribution >= 4 is 37.5 Å². The van der Waals surface area contributed by atoms with Crippen molar-refractivity contribution in [1.82, 2.24) is 29.5 Å². The average Bonchev–Trinajstić information content (AvgIpc) is 3.91. The molecule has 3 aromatic carbocycles. The molecule has 6 rings (SSSR count). The molecule has 1 aliphatic heterocycles. The molecule has 2 aromatic heterocycles. The number of anilines is 1. The molecule has 376 valence electrons. The number of fused-ring (bicyclic) bond motifs is 1. The molecule has 0 saturated carbocycles. The first-order valence-corrected chi connectivity index (χ1v) is 23.7. The van der Waals surface area contributed by atoms with Gasteiger partial charge in [-0.25, -0.2) is 9.65 Å². The number of nitrogens with one attached hydrogen (secondary N) is 3. The van der Waals surface area contributed by atoms with Crippen LogP contribution in [0, 0.1) is 17.2 Å². The number of benzene rings is 3. The Morgan fingerprint density at radius 1 is 0.900 bits per heavy atom. The zero-order valence-corrected chi connectivity index (χ0v) is 41.0.